The van der Waals surface area contributed by atoms with Crippen molar-refractivity contribution < 1.29 is 25.2 Å². The topological polar surface area (TPSA) is 102 Å². The summed E-state index contributed by atoms with van der Waals surface area (Å²) in [7, 11) is 0. The van der Waals surface area contributed by atoms with Gasteiger partial charge in [-0.25, -0.2) is 0 Å². The van der Waals surface area contributed by atoms with Gasteiger partial charge in [0.15, 0.2) is 0 Å². The number of hydrogen-bond donors (Lipinski definition) is 5. The highest BCUT2D eigenvalue weighted by Gasteiger charge is 2.61. The lowest BCUT2D eigenvalue weighted by atomic mass is 9.42. The standard InChI is InChI=1S/C18H31NO5/c1-16-3-10-4-17(2,7-16)9-18(5-10,8-16)19-15-14(23)13(22)12(21)11(6-20)24-15/h10-15,19-23H,3-9H2,1-2H3/t10?,11-,12+,13+,14-,15?,16?,17?,18?/m1/s1. The Morgan fingerprint density at radius 1 is 0.917 bits per heavy atom. The largest absolute Gasteiger partial charge is 0.394 e. The number of rotatable bonds is 3. The molecule has 5 rings (SSSR count). The van der Waals surface area contributed by atoms with E-state index >= 15 is 0 Å². The van der Waals surface area contributed by atoms with Gasteiger partial charge in [0.1, 0.15) is 30.6 Å². The van der Waals surface area contributed by atoms with Gasteiger partial charge in [-0.1, -0.05) is 13.8 Å². The summed E-state index contributed by atoms with van der Waals surface area (Å²) < 4.78 is 5.71. The number of aliphatic hydroxyl groups is 4. The third kappa shape index (κ3) is 2.63. The average molecular weight is 341 g/mol. The molecule has 5 N–H and O–H groups in total. The van der Waals surface area contributed by atoms with Crippen LogP contribution in [0.5, 0.6) is 0 Å². The fraction of sp³-hybridized carbons (Fsp3) is 1.00. The molecule has 0 aromatic heterocycles. The van der Waals surface area contributed by atoms with Crippen molar-refractivity contribution in [2.75, 3.05) is 6.61 Å². The van der Waals surface area contributed by atoms with Crippen molar-refractivity contribution in [1.29, 1.82) is 0 Å². The molecule has 3 unspecified atom stereocenters. The Morgan fingerprint density at radius 2 is 1.54 bits per heavy atom. The van der Waals surface area contributed by atoms with Crippen molar-refractivity contribution >= 4 is 0 Å². The van der Waals surface area contributed by atoms with Crippen LogP contribution in [0.3, 0.4) is 0 Å². The number of ether oxygens (including phenoxy) is 1. The first kappa shape index (κ1) is 17.2. The molecule has 24 heavy (non-hydrogen) atoms. The van der Waals surface area contributed by atoms with E-state index in [0.717, 1.165) is 19.3 Å². The molecule has 6 heteroatoms. The van der Waals surface area contributed by atoms with Gasteiger partial charge in [-0.2, -0.15) is 0 Å². The lowest BCUT2D eigenvalue weighted by Crippen LogP contribution is -2.71. The molecular formula is C18H31NO5. The molecule has 1 aliphatic heterocycles. The fourth-order valence-corrected chi connectivity index (χ4v) is 7.13. The number of aliphatic hydroxyl groups excluding tert-OH is 4. The second kappa shape index (κ2) is 5.38. The molecule has 0 amide bonds. The lowest BCUT2D eigenvalue weighted by Gasteiger charge is -2.66. The second-order valence-corrected chi connectivity index (χ2v) is 9.80. The first-order valence-electron chi connectivity index (χ1n) is 9.25. The summed E-state index contributed by atoms with van der Waals surface area (Å²) in [6.07, 6.45) is 1.59. The van der Waals surface area contributed by atoms with Gasteiger partial charge >= 0.3 is 0 Å². The zero-order chi connectivity index (χ0) is 17.3. The highest BCUT2D eigenvalue weighted by molar-refractivity contribution is 5.15. The summed E-state index contributed by atoms with van der Waals surface area (Å²) in [4.78, 5) is 0. The highest BCUT2D eigenvalue weighted by Crippen LogP contribution is 2.66. The van der Waals surface area contributed by atoms with Crippen molar-refractivity contribution in [3.8, 4) is 0 Å². The van der Waals surface area contributed by atoms with Crippen LogP contribution < -0.4 is 5.32 Å². The summed E-state index contributed by atoms with van der Waals surface area (Å²) in [5.41, 5.74) is 0.571. The van der Waals surface area contributed by atoms with E-state index in [1.165, 1.54) is 19.3 Å². The Morgan fingerprint density at radius 3 is 2.08 bits per heavy atom. The van der Waals surface area contributed by atoms with E-state index in [9.17, 15) is 20.4 Å². The van der Waals surface area contributed by atoms with Gasteiger partial charge in [0.2, 0.25) is 0 Å². The molecule has 0 aromatic carbocycles. The van der Waals surface area contributed by atoms with Crippen LogP contribution in [0.4, 0.5) is 0 Å². The number of hydrogen-bond acceptors (Lipinski definition) is 6. The minimum absolute atomic E-state index is 0.0867. The van der Waals surface area contributed by atoms with E-state index < -0.39 is 30.6 Å². The van der Waals surface area contributed by atoms with E-state index in [4.69, 9.17) is 4.74 Å². The molecule has 0 spiro atoms. The predicted octanol–water partition coefficient (Wildman–Crippen LogP) is 0.125. The van der Waals surface area contributed by atoms with Gasteiger partial charge in [0.05, 0.1) is 6.61 Å². The molecule has 1 heterocycles. The Balaban J connectivity index is 1.56. The van der Waals surface area contributed by atoms with Crippen LogP contribution in [0.1, 0.15) is 52.4 Å². The van der Waals surface area contributed by atoms with Crippen LogP contribution in [0.25, 0.3) is 0 Å². The normalized spacial score (nSPS) is 59.8. The zero-order valence-corrected chi connectivity index (χ0v) is 14.6. The van der Waals surface area contributed by atoms with Crippen LogP contribution in [-0.4, -0.2) is 63.2 Å². The molecule has 6 nitrogen and oxygen atoms in total. The van der Waals surface area contributed by atoms with Crippen molar-refractivity contribution in [1.82, 2.24) is 5.32 Å². The van der Waals surface area contributed by atoms with Gasteiger partial charge in [-0.05, 0) is 55.3 Å². The van der Waals surface area contributed by atoms with Crippen molar-refractivity contribution in [3.63, 3.8) is 0 Å². The summed E-state index contributed by atoms with van der Waals surface area (Å²) in [5.74, 6) is 0.702. The van der Waals surface area contributed by atoms with Gasteiger partial charge < -0.3 is 25.2 Å². The average Bonchev–Trinajstić information content (AvgIpc) is 2.44. The quantitative estimate of drug-likeness (QED) is 0.500. The van der Waals surface area contributed by atoms with E-state index in [1.54, 1.807) is 0 Å². The molecule has 5 fully saturated rings. The monoisotopic (exact) mass is 341 g/mol. The van der Waals surface area contributed by atoms with Gasteiger partial charge in [-0.3, -0.25) is 5.32 Å². The Hall–Kier alpha value is -0.240. The summed E-state index contributed by atoms with van der Waals surface area (Å²) in [5, 5.41) is 43.3. The maximum atomic E-state index is 10.4. The Labute approximate surface area is 143 Å². The minimum Gasteiger partial charge on any atom is -0.394 e. The van der Waals surface area contributed by atoms with Gasteiger partial charge in [0, 0.05) is 5.54 Å². The molecular weight excluding hydrogens is 310 g/mol. The molecule has 0 aromatic rings. The van der Waals surface area contributed by atoms with Crippen molar-refractivity contribution in [3.05, 3.63) is 0 Å². The van der Waals surface area contributed by atoms with Crippen LogP contribution in [-0.2, 0) is 4.74 Å². The van der Waals surface area contributed by atoms with E-state index in [1.807, 2.05) is 0 Å². The third-order valence-electron chi connectivity index (χ3n) is 6.97. The molecule has 5 aliphatic rings. The van der Waals surface area contributed by atoms with Gasteiger partial charge in [0.25, 0.3) is 0 Å². The van der Waals surface area contributed by atoms with Gasteiger partial charge in [-0.15, -0.1) is 0 Å². The van der Waals surface area contributed by atoms with E-state index in [-0.39, 0.29) is 12.1 Å². The lowest BCUT2D eigenvalue weighted by molar-refractivity contribution is -0.249. The maximum Gasteiger partial charge on any atom is 0.138 e. The first-order chi connectivity index (χ1) is 11.2. The van der Waals surface area contributed by atoms with Crippen LogP contribution >= 0.6 is 0 Å². The Bertz CT molecular complexity index is 494. The summed E-state index contributed by atoms with van der Waals surface area (Å²) in [6, 6.07) is 0. The Kier molecular flexibility index (Phi) is 3.85. The molecule has 138 valence electrons. The second-order valence-electron chi connectivity index (χ2n) is 9.80. The van der Waals surface area contributed by atoms with Crippen LogP contribution in [0.2, 0.25) is 0 Å². The van der Waals surface area contributed by atoms with Crippen molar-refractivity contribution in [2.45, 2.75) is 88.6 Å². The van der Waals surface area contributed by atoms with E-state index in [2.05, 4.69) is 19.2 Å². The molecule has 7 atom stereocenters. The van der Waals surface area contributed by atoms with E-state index in [0.29, 0.717) is 16.7 Å². The molecule has 4 bridgehead atoms. The molecule has 4 saturated carbocycles. The SMILES string of the molecule is CC12CC3CC(C)(C1)CC(NC1O[C@H](CO)[C@H](O)[C@H](O)[C@H]1O)(C3)C2. The van der Waals surface area contributed by atoms with Crippen LogP contribution in [0, 0.1) is 16.7 Å². The zero-order valence-electron chi connectivity index (χ0n) is 14.6. The minimum atomic E-state index is -1.31. The van der Waals surface area contributed by atoms with Crippen LogP contribution in [0.15, 0.2) is 0 Å². The predicted molar refractivity (Wildman–Crippen MR) is 87.0 cm³/mol. The highest BCUT2D eigenvalue weighted by atomic mass is 16.6. The first-order valence-corrected chi connectivity index (χ1v) is 9.25. The smallest absolute Gasteiger partial charge is 0.138 e. The molecule has 0 radical (unpaired) electrons. The summed E-state index contributed by atoms with van der Waals surface area (Å²) >= 11 is 0. The number of nitrogens with one attached hydrogen (secondary N) is 1. The maximum absolute atomic E-state index is 10.4. The summed E-state index contributed by atoms with van der Waals surface area (Å²) in [6.45, 7) is 4.37. The fourth-order valence-electron chi connectivity index (χ4n) is 7.13. The third-order valence-corrected chi connectivity index (χ3v) is 6.97. The van der Waals surface area contributed by atoms with Crippen molar-refractivity contribution in [2.24, 2.45) is 16.7 Å². The molecule has 1 saturated heterocycles. The molecule has 4 aliphatic carbocycles.